The number of rotatable bonds is 4. The molecule has 3 heterocycles. The number of aryl methyl sites for hydroxylation is 3. The first kappa shape index (κ1) is 15.6. The van der Waals surface area contributed by atoms with Gasteiger partial charge in [-0.1, -0.05) is 32.4 Å². The van der Waals surface area contributed by atoms with Gasteiger partial charge in [0.2, 0.25) is 16.9 Å². The molecule has 0 fully saturated rings. The summed E-state index contributed by atoms with van der Waals surface area (Å²) in [4.78, 5) is 4.55. The first-order valence-corrected chi connectivity index (χ1v) is 11.1. The third-order valence-corrected chi connectivity index (χ3v) is 6.51. The van der Waals surface area contributed by atoms with E-state index < -0.39 is 13.2 Å². The number of nitrogens with zero attached hydrogens (tertiary/aromatic N) is 2. The predicted octanol–water partition coefficient (Wildman–Crippen LogP) is 7.14. The Morgan fingerprint density at radius 1 is 1.09 bits per heavy atom. The molecular weight excluding hydrogens is 392 g/mol. The Balaban J connectivity index is 1.87. The summed E-state index contributed by atoms with van der Waals surface area (Å²) in [6.07, 6.45) is -0.762. The van der Waals surface area contributed by atoms with Gasteiger partial charge in [-0.15, -0.1) is 0 Å². The van der Waals surface area contributed by atoms with Gasteiger partial charge in [-0.2, -0.15) is 4.57 Å². The molecule has 0 aliphatic heterocycles. The Hall–Kier alpha value is -3.20. The second kappa shape index (κ2) is 7.74. The second-order valence-electron chi connectivity index (χ2n) is 8.68. The highest BCUT2D eigenvalue weighted by atomic mass is 16.3. The van der Waals surface area contributed by atoms with Crippen LogP contribution in [0.3, 0.4) is 0 Å². The van der Waals surface area contributed by atoms with E-state index in [0.717, 1.165) is 39.5 Å². The highest BCUT2D eigenvalue weighted by Crippen LogP contribution is 2.38. The molecule has 0 amide bonds. The quantitative estimate of drug-likeness (QED) is 0.285. The van der Waals surface area contributed by atoms with Crippen LogP contribution in [0.4, 0.5) is 0 Å². The fraction of sp³-hybridized carbons (Fsp3) is 0.310. The van der Waals surface area contributed by atoms with Gasteiger partial charge in [-0.3, -0.25) is 0 Å². The topological polar surface area (TPSA) is 29.9 Å². The van der Waals surface area contributed by atoms with Gasteiger partial charge in [0.05, 0.1) is 5.56 Å². The van der Waals surface area contributed by atoms with Crippen LogP contribution >= 0.6 is 0 Å². The van der Waals surface area contributed by atoms with Crippen molar-refractivity contribution >= 4 is 33.0 Å². The average molecular weight is 429 g/mol. The standard InChI is InChI=1S/C29H31N2O/c1-7-17(2)15-21-9-8-10-25-22(21)13-14-26(31(25)6)27-20(5)18(3)16-24-23-12-11-19(4)30-29(23)32-28(24)27/h8-14,16-17H,7,15H2,1-6H3/q+1/i3D3,15D2. The third kappa shape index (κ3) is 3.19. The number of hydrogen-bond donors (Lipinski definition) is 0. The van der Waals surface area contributed by atoms with E-state index in [1.54, 1.807) is 6.07 Å². The molecule has 0 saturated carbocycles. The van der Waals surface area contributed by atoms with Crippen LogP contribution in [-0.4, -0.2) is 4.98 Å². The van der Waals surface area contributed by atoms with Crippen LogP contribution in [0.5, 0.6) is 0 Å². The highest BCUT2D eigenvalue weighted by molar-refractivity contribution is 6.09. The van der Waals surface area contributed by atoms with Crippen LogP contribution in [-0.2, 0) is 13.4 Å². The Morgan fingerprint density at radius 2 is 1.91 bits per heavy atom. The lowest BCUT2D eigenvalue weighted by Gasteiger charge is -2.13. The Morgan fingerprint density at radius 3 is 2.69 bits per heavy atom. The summed E-state index contributed by atoms with van der Waals surface area (Å²) in [5.74, 6) is -0.146. The van der Waals surface area contributed by atoms with Crippen molar-refractivity contribution < 1.29 is 15.8 Å². The van der Waals surface area contributed by atoms with Crippen molar-refractivity contribution in [1.29, 1.82) is 0 Å². The van der Waals surface area contributed by atoms with E-state index in [1.807, 2.05) is 81.8 Å². The molecule has 3 heteroatoms. The molecule has 0 N–H and O–H groups in total. The maximum absolute atomic E-state index is 8.83. The number of aromatic nitrogens is 2. The number of pyridine rings is 2. The van der Waals surface area contributed by atoms with E-state index in [1.165, 1.54) is 0 Å². The van der Waals surface area contributed by atoms with E-state index in [9.17, 15) is 0 Å². The van der Waals surface area contributed by atoms with E-state index in [-0.39, 0.29) is 11.5 Å². The van der Waals surface area contributed by atoms with Crippen LogP contribution in [0.15, 0.2) is 52.9 Å². The normalized spacial score (nSPS) is 16.0. The lowest BCUT2D eigenvalue weighted by molar-refractivity contribution is -0.633. The summed E-state index contributed by atoms with van der Waals surface area (Å²) in [6, 6.07) is 15.1. The SMILES string of the molecule is [2H]C([2H])([2H])c1cc2c(oc3nc(C)ccc32)c(-c2ccc3c(C([2H])([2H])C(C)CC)cccc3[n+]2C)c1C. The maximum atomic E-state index is 8.83. The Bertz CT molecular complexity index is 1680. The van der Waals surface area contributed by atoms with Crippen LogP contribution in [0.25, 0.3) is 44.2 Å². The fourth-order valence-corrected chi connectivity index (χ4v) is 4.45. The van der Waals surface area contributed by atoms with Crippen molar-refractivity contribution in [2.45, 2.75) is 47.3 Å². The van der Waals surface area contributed by atoms with Crippen molar-refractivity contribution in [3.8, 4) is 11.3 Å². The van der Waals surface area contributed by atoms with Crippen LogP contribution in [0, 0.1) is 26.6 Å². The molecule has 1 atom stereocenters. The maximum Gasteiger partial charge on any atom is 0.227 e. The van der Waals surface area contributed by atoms with Gasteiger partial charge in [0.1, 0.15) is 7.05 Å². The number of hydrogen-bond acceptors (Lipinski definition) is 2. The fourth-order valence-electron chi connectivity index (χ4n) is 4.45. The van der Waals surface area contributed by atoms with Crippen LogP contribution in [0.2, 0.25) is 0 Å². The zero-order valence-electron chi connectivity index (χ0n) is 24.2. The number of furan rings is 1. The van der Waals surface area contributed by atoms with E-state index >= 15 is 0 Å². The molecule has 0 radical (unpaired) electrons. The molecule has 3 nitrogen and oxygen atoms in total. The van der Waals surface area contributed by atoms with Crippen molar-refractivity contribution in [3.63, 3.8) is 0 Å². The molecule has 0 saturated heterocycles. The summed E-state index contributed by atoms with van der Waals surface area (Å²) < 4.78 is 50.6. The molecule has 32 heavy (non-hydrogen) atoms. The molecule has 3 aromatic heterocycles. The summed E-state index contributed by atoms with van der Waals surface area (Å²) >= 11 is 0. The minimum absolute atomic E-state index is 0.146. The van der Waals surface area contributed by atoms with Gasteiger partial charge in [-0.05, 0) is 73.9 Å². The van der Waals surface area contributed by atoms with Crippen LogP contribution in [0.1, 0.15) is 49.5 Å². The van der Waals surface area contributed by atoms with Crippen molar-refractivity contribution in [2.75, 3.05) is 0 Å². The monoisotopic (exact) mass is 428 g/mol. The highest BCUT2D eigenvalue weighted by Gasteiger charge is 2.24. The molecular formula is C29H31N2O+. The summed E-state index contributed by atoms with van der Waals surface area (Å²) in [6.45, 7) is 5.35. The van der Waals surface area contributed by atoms with Gasteiger partial charge in [0, 0.05) is 40.8 Å². The molecule has 0 aliphatic carbocycles. The molecule has 0 aliphatic rings. The summed E-state index contributed by atoms with van der Waals surface area (Å²) in [7, 11) is 1.93. The van der Waals surface area contributed by atoms with Gasteiger partial charge in [0.25, 0.3) is 0 Å². The van der Waals surface area contributed by atoms with Crippen molar-refractivity contribution in [1.82, 2.24) is 4.98 Å². The molecule has 162 valence electrons. The largest absolute Gasteiger partial charge is 0.437 e. The molecule has 0 bridgehead atoms. The molecule has 5 rings (SSSR count). The van der Waals surface area contributed by atoms with Gasteiger partial charge in [-0.25, -0.2) is 4.98 Å². The van der Waals surface area contributed by atoms with Gasteiger partial charge in [0.15, 0.2) is 5.58 Å². The third-order valence-electron chi connectivity index (χ3n) is 6.51. The van der Waals surface area contributed by atoms with Crippen LogP contribution < -0.4 is 4.57 Å². The smallest absolute Gasteiger partial charge is 0.227 e. The van der Waals surface area contributed by atoms with E-state index in [0.29, 0.717) is 28.0 Å². The van der Waals surface area contributed by atoms with Crippen molar-refractivity contribution in [2.24, 2.45) is 13.0 Å². The molecule has 0 spiro atoms. The van der Waals surface area contributed by atoms with Gasteiger partial charge >= 0.3 is 0 Å². The average Bonchev–Trinajstić information content (AvgIpc) is 3.20. The number of fused-ring (bicyclic) bond motifs is 4. The Labute approximate surface area is 196 Å². The van der Waals surface area contributed by atoms with E-state index in [4.69, 9.17) is 11.3 Å². The van der Waals surface area contributed by atoms with Gasteiger partial charge < -0.3 is 4.42 Å². The van der Waals surface area contributed by atoms with E-state index in [2.05, 4.69) is 4.98 Å². The zero-order chi connectivity index (χ0) is 26.9. The summed E-state index contributed by atoms with van der Waals surface area (Å²) in [5.41, 5.74) is 5.81. The lowest BCUT2D eigenvalue weighted by atomic mass is 9.93. The zero-order valence-corrected chi connectivity index (χ0v) is 19.2. The minimum Gasteiger partial charge on any atom is -0.437 e. The number of benzene rings is 2. The first-order valence-electron chi connectivity index (χ1n) is 13.6. The molecule has 5 aromatic rings. The second-order valence-corrected chi connectivity index (χ2v) is 8.68. The van der Waals surface area contributed by atoms with Crippen molar-refractivity contribution in [3.05, 3.63) is 70.9 Å². The first-order chi connectivity index (χ1) is 17.4. The molecule has 2 aromatic carbocycles. The minimum atomic E-state index is -2.30. The lowest BCUT2D eigenvalue weighted by Crippen LogP contribution is -2.32. The Kier molecular flexibility index (Phi) is 3.77. The molecule has 1 unspecified atom stereocenters. The predicted molar refractivity (Wildman–Crippen MR) is 133 cm³/mol. The summed E-state index contributed by atoms with van der Waals surface area (Å²) in [5, 5.41) is 2.33.